The highest BCUT2D eigenvalue weighted by molar-refractivity contribution is 5.24. The van der Waals surface area contributed by atoms with Gasteiger partial charge in [0.2, 0.25) is 0 Å². The smallest absolute Gasteiger partial charge is 0.199 e. The predicted octanol–water partition coefficient (Wildman–Crippen LogP) is 7.65. The van der Waals surface area contributed by atoms with Crippen LogP contribution in [-0.4, -0.2) is 12.9 Å². The summed E-state index contributed by atoms with van der Waals surface area (Å²) in [6.45, 7) is 14.8. The fraction of sp³-hybridized carbons (Fsp3) is 0.840. The molecule has 0 aromatic heterocycles. The minimum absolute atomic E-state index is 0.0849. The van der Waals surface area contributed by atoms with Crippen LogP contribution in [0.25, 0.3) is 0 Å². The van der Waals surface area contributed by atoms with Crippen molar-refractivity contribution in [2.24, 2.45) is 23.2 Å². The van der Waals surface area contributed by atoms with E-state index in [1.807, 2.05) is 0 Å². The maximum absolute atomic E-state index is 6.20. The van der Waals surface area contributed by atoms with Gasteiger partial charge in [-0.1, -0.05) is 85.3 Å². The van der Waals surface area contributed by atoms with Crippen LogP contribution in [0.15, 0.2) is 23.5 Å². The topological polar surface area (TPSA) is 18.5 Å². The molecule has 0 radical (unpaired) electrons. The van der Waals surface area contributed by atoms with Crippen LogP contribution in [0.1, 0.15) is 99.3 Å². The highest BCUT2D eigenvalue weighted by Crippen LogP contribution is 2.41. The lowest BCUT2D eigenvalue weighted by Gasteiger charge is -2.37. The Kier molecular flexibility index (Phi) is 8.92. The second kappa shape index (κ2) is 10.7. The second-order valence-electron chi connectivity index (χ2n) is 10.1. The molecule has 2 aliphatic carbocycles. The lowest BCUT2D eigenvalue weighted by Crippen LogP contribution is -2.28. The summed E-state index contributed by atoms with van der Waals surface area (Å²) in [6, 6.07) is 0. The largest absolute Gasteiger partial charge is 0.469 e. The summed E-state index contributed by atoms with van der Waals surface area (Å²) < 4.78 is 12.3. The minimum atomic E-state index is -0.0849. The lowest BCUT2D eigenvalue weighted by molar-refractivity contribution is -0.122. The maximum Gasteiger partial charge on any atom is 0.199 e. The first-order valence-electron chi connectivity index (χ1n) is 11.5. The Bertz CT molecular complexity index is 489. The minimum Gasteiger partial charge on any atom is -0.469 e. The monoisotopic (exact) mass is 376 g/mol. The second-order valence-corrected chi connectivity index (χ2v) is 10.1. The van der Waals surface area contributed by atoms with Gasteiger partial charge in [-0.3, -0.25) is 0 Å². The van der Waals surface area contributed by atoms with Gasteiger partial charge < -0.3 is 9.47 Å². The molecule has 2 unspecified atom stereocenters. The molecule has 0 bridgehead atoms. The molecule has 2 heteroatoms. The molecule has 1 saturated carbocycles. The van der Waals surface area contributed by atoms with Crippen LogP contribution in [0.5, 0.6) is 0 Å². The van der Waals surface area contributed by atoms with E-state index in [0.717, 1.165) is 37.5 Å². The van der Waals surface area contributed by atoms with E-state index in [4.69, 9.17) is 9.47 Å². The van der Waals surface area contributed by atoms with Crippen molar-refractivity contribution in [2.45, 2.75) is 106 Å². The van der Waals surface area contributed by atoms with Gasteiger partial charge in [-0.2, -0.15) is 0 Å². The molecule has 0 aliphatic heterocycles. The molecule has 0 spiro atoms. The van der Waals surface area contributed by atoms with Crippen molar-refractivity contribution >= 4 is 0 Å². The third-order valence-electron chi connectivity index (χ3n) is 6.31. The molecule has 0 saturated heterocycles. The quantitative estimate of drug-likeness (QED) is 0.385. The molecule has 0 aromatic rings. The first kappa shape index (κ1) is 22.5. The average molecular weight is 377 g/mol. The number of hydrogen-bond donors (Lipinski definition) is 0. The fourth-order valence-electron chi connectivity index (χ4n) is 5.22. The van der Waals surface area contributed by atoms with Crippen molar-refractivity contribution < 1.29 is 9.47 Å². The Morgan fingerprint density at radius 1 is 1.04 bits per heavy atom. The van der Waals surface area contributed by atoms with Crippen LogP contribution in [-0.2, 0) is 9.47 Å². The van der Waals surface area contributed by atoms with Crippen LogP contribution >= 0.6 is 0 Å². The van der Waals surface area contributed by atoms with Crippen molar-refractivity contribution in [3.63, 3.8) is 0 Å². The highest BCUT2D eigenvalue weighted by Gasteiger charge is 2.31. The molecule has 27 heavy (non-hydrogen) atoms. The molecular formula is C25H44O2. The van der Waals surface area contributed by atoms with E-state index >= 15 is 0 Å². The average Bonchev–Trinajstić information content (AvgIpc) is 2.61. The number of hydrogen-bond acceptors (Lipinski definition) is 2. The van der Waals surface area contributed by atoms with E-state index in [1.54, 1.807) is 5.57 Å². The Morgan fingerprint density at radius 3 is 2.26 bits per heavy atom. The lowest BCUT2D eigenvalue weighted by atomic mass is 9.68. The van der Waals surface area contributed by atoms with E-state index in [9.17, 15) is 0 Å². The fourth-order valence-corrected chi connectivity index (χ4v) is 5.22. The zero-order valence-electron chi connectivity index (χ0n) is 18.9. The summed E-state index contributed by atoms with van der Waals surface area (Å²) >= 11 is 0. The van der Waals surface area contributed by atoms with Gasteiger partial charge in [-0.25, -0.2) is 0 Å². The molecule has 2 aliphatic rings. The zero-order chi connectivity index (χ0) is 19.9. The molecule has 0 amide bonds. The van der Waals surface area contributed by atoms with Crippen molar-refractivity contribution in [2.75, 3.05) is 6.61 Å². The molecule has 1 fully saturated rings. The van der Waals surface area contributed by atoms with E-state index < -0.39 is 0 Å². The van der Waals surface area contributed by atoms with Gasteiger partial charge in [-0.05, 0) is 42.1 Å². The van der Waals surface area contributed by atoms with Crippen LogP contribution in [0, 0.1) is 23.2 Å². The van der Waals surface area contributed by atoms with Crippen LogP contribution in [0.2, 0.25) is 0 Å². The van der Waals surface area contributed by atoms with Crippen molar-refractivity contribution in [3.05, 3.63) is 23.5 Å². The first-order valence-corrected chi connectivity index (χ1v) is 11.5. The summed E-state index contributed by atoms with van der Waals surface area (Å²) in [5, 5.41) is 0. The molecule has 2 nitrogen and oxygen atoms in total. The van der Waals surface area contributed by atoms with E-state index in [0.29, 0.717) is 17.3 Å². The summed E-state index contributed by atoms with van der Waals surface area (Å²) in [5.74, 6) is 3.27. The Morgan fingerprint density at radius 2 is 1.74 bits per heavy atom. The van der Waals surface area contributed by atoms with Crippen LogP contribution in [0.3, 0.4) is 0 Å². The predicted molar refractivity (Wildman–Crippen MR) is 115 cm³/mol. The zero-order valence-corrected chi connectivity index (χ0v) is 18.9. The van der Waals surface area contributed by atoms with Gasteiger partial charge in [0.25, 0.3) is 0 Å². The SMILES string of the molecule is CCC(OCCC1CCCCC1)OC1=CC=C(C(C(C)C)C(C)(C)C)CC1. The summed E-state index contributed by atoms with van der Waals surface area (Å²) in [7, 11) is 0. The summed E-state index contributed by atoms with van der Waals surface area (Å²) in [6.07, 6.45) is 15.7. The van der Waals surface area contributed by atoms with Gasteiger partial charge in [0.05, 0.1) is 12.4 Å². The maximum atomic E-state index is 6.20. The van der Waals surface area contributed by atoms with Crippen molar-refractivity contribution in [1.29, 1.82) is 0 Å². The van der Waals surface area contributed by atoms with Gasteiger partial charge in [0, 0.05) is 12.8 Å². The number of ether oxygens (including phenoxy) is 2. The van der Waals surface area contributed by atoms with E-state index in [1.165, 1.54) is 38.5 Å². The van der Waals surface area contributed by atoms with Gasteiger partial charge in [0.1, 0.15) is 0 Å². The number of rotatable bonds is 9. The van der Waals surface area contributed by atoms with Crippen LogP contribution in [0.4, 0.5) is 0 Å². The van der Waals surface area contributed by atoms with Gasteiger partial charge in [-0.15, -0.1) is 0 Å². The van der Waals surface area contributed by atoms with E-state index in [2.05, 4.69) is 53.7 Å². The highest BCUT2D eigenvalue weighted by atomic mass is 16.7. The molecule has 156 valence electrons. The Hall–Kier alpha value is -0.760. The molecule has 0 heterocycles. The molecule has 2 rings (SSSR count). The van der Waals surface area contributed by atoms with E-state index in [-0.39, 0.29) is 6.29 Å². The normalized spacial score (nSPS) is 21.6. The van der Waals surface area contributed by atoms with Crippen molar-refractivity contribution in [3.8, 4) is 0 Å². The number of allylic oxidation sites excluding steroid dienone is 4. The summed E-state index contributed by atoms with van der Waals surface area (Å²) in [5.41, 5.74) is 1.89. The van der Waals surface area contributed by atoms with Crippen molar-refractivity contribution in [1.82, 2.24) is 0 Å². The van der Waals surface area contributed by atoms with Gasteiger partial charge in [0.15, 0.2) is 6.29 Å². The molecule has 0 aromatic carbocycles. The first-order chi connectivity index (χ1) is 12.8. The third-order valence-corrected chi connectivity index (χ3v) is 6.31. The van der Waals surface area contributed by atoms with Crippen LogP contribution < -0.4 is 0 Å². The Balaban J connectivity index is 1.84. The summed E-state index contributed by atoms with van der Waals surface area (Å²) in [4.78, 5) is 0. The Labute approximate surface area is 168 Å². The molecule has 0 N–H and O–H groups in total. The standard InChI is InChI=1S/C25H44O2/c1-7-23(26-18-17-20-11-9-8-10-12-20)27-22-15-13-21(14-16-22)24(19(2)3)25(4,5)6/h13,15,19-20,23-24H,7-12,14,16-18H2,1-6H3. The molecule has 2 atom stereocenters. The molecular weight excluding hydrogens is 332 g/mol. The van der Waals surface area contributed by atoms with Gasteiger partial charge >= 0.3 is 0 Å². The third kappa shape index (κ3) is 7.29.